The van der Waals surface area contributed by atoms with Gasteiger partial charge in [-0.05, 0) is 49.5 Å². The molecule has 1 aromatic rings. The van der Waals surface area contributed by atoms with Gasteiger partial charge in [0.15, 0.2) is 17.3 Å². The molecule has 0 atom stereocenters. The summed E-state index contributed by atoms with van der Waals surface area (Å²) in [5.74, 6) is 0.0942. The highest BCUT2D eigenvalue weighted by Crippen LogP contribution is 2.23. The zero-order valence-electron chi connectivity index (χ0n) is 10.5. The summed E-state index contributed by atoms with van der Waals surface area (Å²) in [5.41, 5.74) is 1.98. The maximum Gasteiger partial charge on any atom is 0.165 e. The Balaban J connectivity index is 2.13. The zero-order chi connectivity index (χ0) is 13.0. The van der Waals surface area contributed by atoms with Crippen LogP contribution in [-0.4, -0.2) is 12.9 Å². The quantitative estimate of drug-likeness (QED) is 0.819. The van der Waals surface area contributed by atoms with Gasteiger partial charge in [-0.3, -0.25) is 4.79 Å². The summed E-state index contributed by atoms with van der Waals surface area (Å²) in [6, 6.07) is 4.96. The average Bonchev–Trinajstić information content (AvgIpc) is 2.54. The molecule has 0 heterocycles. The van der Waals surface area contributed by atoms with E-state index in [1.807, 2.05) is 6.07 Å². The number of hydrogen-bond acceptors (Lipinski definition) is 2. The van der Waals surface area contributed by atoms with Crippen LogP contribution < -0.4 is 4.74 Å². The molecule has 2 rings (SSSR count). The van der Waals surface area contributed by atoms with Crippen molar-refractivity contribution in [2.75, 3.05) is 7.11 Å². The summed E-state index contributed by atoms with van der Waals surface area (Å²) in [6.07, 6.45) is 5.94. The van der Waals surface area contributed by atoms with E-state index in [2.05, 4.69) is 0 Å². The molecule has 1 aliphatic carbocycles. The fraction of sp³-hybridized carbons (Fsp3) is 0.400. The molecule has 0 spiro atoms. The van der Waals surface area contributed by atoms with Crippen LogP contribution in [0.3, 0.4) is 0 Å². The first-order chi connectivity index (χ1) is 8.69. The minimum Gasteiger partial charge on any atom is -0.494 e. The zero-order valence-corrected chi connectivity index (χ0v) is 10.5. The molecule has 0 bridgehead atoms. The molecular weight excluding hydrogens is 231 g/mol. The van der Waals surface area contributed by atoms with Crippen molar-refractivity contribution in [1.29, 1.82) is 0 Å². The highest BCUT2D eigenvalue weighted by Gasteiger charge is 2.10. The lowest BCUT2D eigenvalue weighted by Gasteiger charge is -2.07. The Labute approximate surface area is 106 Å². The molecule has 0 saturated heterocycles. The van der Waals surface area contributed by atoms with Crippen LogP contribution in [0, 0.1) is 5.82 Å². The van der Waals surface area contributed by atoms with E-state index in [0.717, 1.165) is 30.4 Å². The molecule has 3 heteroatoms. The first kappa shape index (κ1) is 12.8. The molecule has 0 unspecified atom stereocenters. The van der Waals surface area contributed by atoms with Gasteiger partial charge in [-0.25, -0.2) is 4.39 Å². The summed E-state index contributed by atoms with van der Waals surface area (Å²) in [7, 11) is 1.45. The van der Waals surface area contributed by atoms with Gasteiger partial charge in [0.25, 0.3) is 0 Å². The second-order valence-corrected chi connectivity index (χ2v) is 4.62. The van der Waals surface area contributed by atoms with Crippen LogP contribution in [-0.2, 0) is 11.2 Å². The number of ether oxygens (including phenoxy) is 1. The normalized spacial score (nSPS) is 16.1. The van der Waals surface area contributed by atoms with E-state index in [0.29, 0.717) is 12.8 Å². The first-order valence-corrected chi connectivity index (χ1v) is 6.24. The average molecular weight is 248 g/mol. The van der Waals surface area contributed by atoms with Gasteiger partial charge in [0.1, 0.15) is 0 Å². The smallest absolute Gasteiger partial charge is 0.165 e. The van der Waals surface area contributed by atoms with E-state index in [-0.39, 0.29) is 17.3 Å². The molecule has 0 radical (unpaired) electrons. The molecule has 0 aromatic heterocycles. The Hall–Kier alpha value is -1.64. The van der Waals surface area contributed by atoms with Crippen molar-refractivity contribution >= 4 is 5.78 Å². The number of carbonyl (C=O) groups excluding carboxylic acids is 1. The van der Waals surface area contributed by atoms with Crippen molar-refractivity contribution in [2.24, 2.45) is 0 Å². The van der Waals surface area contributed by atoms with Crippen LogP contribution in [0.25, 0.3) is 0 Å². The summed E-state index contributed by atoms with van der Waals surface area (Å²) in [4.78, 5) is 11.5. The predicted octanol–water partition coefficient (Wildman–Crippen LogP) is 3.45. The minimum absolute atomic E-state index is 0.191. The van der Waals surface area contributed by atoms with Crippen LogP contribution in [0.4, 0.5) is 4.39 Å². The number of ketones is 1. The highest BCUT2D eigenvalue weighted by molar-refractivity contribution is 5.90. The highest BCUT2D eigenvalue weighted by atomic mass is 19.1. The molecule has 96 valence electrons. The number of allylic oxidation sites excluding steroid dienone is 2. The van der Waals surface area contributed by atoms with Gasteiger partial charge in [0.05, 0.1) is 7.11 Å². The van der Waals surface area contributed by atoms with E-state index in [1.165, 1.54) is 13.2 Å². The maximum atomic E-state index is 13.6. The lowest BCUT2D eigenvalue weighted by atomic mass is 10.0. The Bertz CT molecular complexity index is 477. The van der Waals surface area contributed by atoms with Crippen LogP contribution in [0.15, 0.2) is 29.8 Å². The molecule has 1 aliphatic rings. The largest absolute Gasteiger partial charge is 0.494 e. The van der Waals surface area contributed by atoms with Gasteiger partial charge < -0.3 is 4.74 Å². The van der Waals surface area contributed by atoms with E-state index < -0.39 is 0 Å². The molecule has 0 N–H and O–H groups in total. The first-order valence-electron chi connectivity index (χ1n) is 6.24. The lowest BCUT2D eigenvalue weighted by molar-refractivity contribution is -0.114. The van der Waals surface area contributed by atoms with Gasteiger partial charge in [-0.1, -0.05) is 11.6 Å². The standard InChI is InChI=1S/C15H17FO2/c1-18-15-7-6-12(10-14(15)16)8-11-4-2-3-5-13(17)9-11/h6-7,9-10H,2-5,8H2,1H3. The van der Waals surface area contributed by atoms with Gasteiger partial charge in [-0.2, -0.15) is 0 Å². The molecule has 1 aromatic carbocycles. The van der Waals surface area contributed by atoms with Crippen LogP contribution in [0.5, 0.6) is 5.75 Å². The Morgan fingerprint density at radius 2 is 2.06 bits per heavy atom. The van der Waals surface area contributed by atoms with Gasteiger partial charge >= 0.3 is 0 Å². The van der Waals surface area contributed by atoms with Gasteiger partial charge in [-0.15, -0.1) is 0 Å². The molecule has 0 amide bonds. The number of rotatable bonds is 3. The van der Waals surface area contributed by atoms with Crippen molar-refractivity contribution in [3.05, 3.63) is 41.2 Å². The third-order valence-electron chi connectivity index (χ3n) is 3.18. The Morgan fingerprint density at radius 1 is 1.28 bits per heavy atom. The van der Waals surface area contributed by atoms with Crippen LogP contribution in [0.2, 0.25) is 0 Å². The fourth-order valence-corrected chi connectivity index (χ4v) is 2.24. The van der Waals surface area contributed by atoms with Crippen molar-refractivity contribution < 1.29 is 13.9 Å². The molecule has 18 heavy (non-hydrogen) atoms. The number of halogens is 1. The fourth-order valence-electron chi connectivity index (χ4n) is 2.24. The molecule has 2 nitrogen and oxygen atoms in total. The van der Waals surface area contributed by atoms with Crippen molar-refractivity contribution in [3.8, 4) is 5.75 Å². The molecule has 0 fully saturated rings. The third-order valence-corrected chi connectivity index (χ3v) is 3.18. The van der Waals surface area contributed by atoms with E-state index in [9.17, 15) is 9.18 Å². The lowest BCUT2D eigenvalue weighted by Crippen LogP contribution is -1.96. The number of hydrogen-bond donors (Lipinski definition) is 0. The van der Waals surface area contributed by atoms with Crippen molar-refractivity contribution in [1.82, 2.24) is 0 Å². The van der Waals surface area contributed by atoms with Crippen LogP contribution in [0.1, 0.15) is 31.2 Å². The second kappa shape index (κ2) is 5.80. The molecule has 0 saturated carbocycles. The van der Waals surface area contributed by atoms with Gasteiger partial charge in [0.2, 0.25) is 0 Å². The van der Waals surface area contributed by atoms with Crippen molar-refractivity contribution in [2.45, 2.75) is 32.1 Å². The SMILES string of the molecule is COc1ccc(CC2=CC(=O)CCCC2)cc1F. The summed E-state index contributed by atoms with van der Waals surface area (Å²) in [5, 5.41) is 0. The predicted molar refractivity (Wildman–Crippen MR) is 68.2 cm³/mol. The Morgan fingerprint density at radius 3 is 2.78 bits per heavy atom. The monoisotopic (exact) mass is 248 g/mol. The number of carbonyl (C=O) groups is 1. The molecule has 0 aliphatic heterocycles. The Kier molecular flexibility index (Phi) is 4.13. The van der Waals surface area contributed by atoms with Crippen LogP contribution >= 0.6 is 0 Å². The topological polar surface area (TPSA) is 26.3 Å². The van der Waals surface area contributed by atoms with E-state index in [4.69, 9.17) is 4.74 Å². The number of benzene rings is 1. The second-order valence-electron chi connectivity index (χ2n) is 4.62. The summed E-state index contributed by atoms with van der Waals surface area (Å²) in [6.45, 7) is 0. The van der Waals surface area contributed by atoms with E-state index in [1.54, 1.807) is 12.1 Å². The maximum absolute atomic E-state index is 13.6. The van der Waals surface area contributed by atoms with E-state index >= 15 is 0 Å². The minimum atomic E-state index is -0.351. The van der Waals surface area contributed by atoms with Gasteiger partial charge in [0, 0.05) is 6.42 Å². The molecular formula is C15H17FO2. The van der Waals surface area contributed by atoms with Crippen molar-refractivity contribution in [3.63, 3.8) is 0 Å². The summed E-state index contributed by atoms with van der Waals surface area (Å²) >= 11 is 0. The third kappa shape index (κ3) is 3.19. The number of methoxy groups -OCH3 is 1. The summed E-state index contributed by atoms with van der Waals surface area (Å²) < 4.78 is 18.4.